The fourth-order valence-electron chi connectivity index (χ4n) is 2.13. The highest BCUT2D eigenvalue weighted by molar-refractivity contribution is 5.94. The molecule has 0 aliphatic heterocycles. The minimum absolute atomic E-state index is 0.197. The summed E-state index contributed by atoms with van der Waals surface area (Å²) < 4.78 is 4.78. The molecule has 0 aliphatic rings. The van der Waals surface area contributed by atoms with Gasteiger partial charge < -0.3 is 10.1 Å². The molecule has 1 aromatic carbocycles. The monoisotopic (exact) mass is 284 g/mol. The maximum absolute atomic E-state index is 11.8. The highest BCUT2D eigenvalue weighted by atomic mass is 16.5. The van der Waals surface area contributed by atoms with Gasteiger partial charge in [0, 0.05) is 17.8 Å². The molecule has 2 aromatic rings. The van der Waals surface area contributed by atoms with Gasteiger partial charge in [0.05, 0.1) is 12.8 Å². The van der Waals surface area contributed by atoms with Crippen LogP contribution in [-0.2, 0) is 4.74 Å². The molecule has 0 atom stereocenters. The zero-order valence-corrected chi connectivity index (χ0v) is 12.8. The lowest BCUT2D eigenvalue weighted by Crippen LogP contribution is -2.15. The van der Waals surface area contributed by atoms with Gasteiger partial charge in [-0.1, -0.05) is 29.8 Å². The maximum atomic E-state index is 11.8. The van der Waals surface area contributed by atoms with E-state index in [2.05, 4.69) is 16.4 Å². The average Bonchev–Trinajstić information content (AvgIpc) is 2.46. The number of rotatable bonds is 4. The Labute approximate surface area is 125 Å². The second kappa shape index (κ2) is 6.39. The number of nitrogens with zero attached hydrogens (tertiary/aromatic N) is 1. The Morgan fingerprint density at radius 2 is 2.00 bits per heavy atom. The van der Waals surface area contributed by atoms with Crippen LogP contribution in [0.2, 0.25) is 0 Å². The summed E-state index contributed by atoms with van der Waals surface area (Å²) in [5.74, 6) is -0.436. The van der Waals surface area contributed by atoms with Gasteiger partial charge in [-0.05, 0) is 32.4 Å². The lowest BCUT2D eigenvalue weighted by molar-refractivity contribution is 0.0595. The van der Waals surface area contributed by atoms with Crippen LogP contribution in [0.4, 0.5) is 5.69 Å². The second-order valence-corrected chi connectivity index (χ2v) is 5.28. The molecule has 110 valence electrons. The summed E-state index contributed by atoms with van der Waals surface area (Å²) in [5, 5.41) is 3.25. The third-order valence-corrected chi connectivity index (χ3v) is 3.06. The molecule has 0 saturated carbocycles. The molecule has 1 aromatic heterocycles. The van der Waals surface area contributed by atoms with E-state index in [0.717, 1.165) is 11.1 Å². The molecule has 21 heavy (non-hydrogen) atoms. The SMILES string of the molecule is COC(=O)c1ncc(-c2cccc(C)c2)cc1NC(C)C. The van der Waals surface area contributed by atoms with Gasteiger partial charge in [0.25, 0.3) is 0 Å². The van der Waals surface area contributed by atoms with E-state index in [1.54, 1.807) is 6.20 Å². The summed E-state index contributed by atoms with van der Waals surface area (Å²) in [6.07, 6.45) is 1.70. The fourth-order valence-corrected chi connectivity index (χ4v) is 2.13. The van der Waals surface area contributed by atoms with E-state index in [4.69, 9.17) is 4.74 Å². The first-order valence-corrected chi connectivity index (χ1v) is 6.93. The van der Waals surface area contributed by atoms with E-state index < -0.39 is 5.97 Å². The van der Waals surface area contributed by atoms with E-state index in [1.807, 2.05) is 45.0 Å². The number of pyridine rings is 1. The number of hydrogen-bond acceptors (Lipinski definition) is 4. The number of aromatic nitrogens is 1. The van der Waals surface area contributed by atoms with Crippen molar-refractivity contribution in [3.05, 3.63) is 47.8 Å². The second-order valence-electron chi connectivity index (χ2n) is 5.28. The molecule has 4 heteroatoms. The number of anilines is 1. The van der Waals surface area contributed by atoms with E-state index in [9.17, 15) is 4.79 Å². The molecule has 0 radical (unpaired) electrons. The van der Waals surface area contributed by atoms with Crippen LogP contribution in [0.5, 0.6) is 0 Å². The number of esters is 1. The molecule has 0 aliphatic carbocycles. The molecular weight excluding hydrogens is 264 g/mol. The van der Waals surface area contributed by atoms with Crippen molar-refractivity contribution in [2.24, 2.45) is 0 Å². The summed E-state index contributed by atoms with van der Waals surface area (Å²) in [6, 6.07) is 10.3. The highest BCUT2D eigenvalue weighted by Gasteiger charge is 2.15. The number of benzene rings is 1. The van der Waals surface area contributed by atoms with Crippen LogP contribution in [0.25, 0.3) is 11.1 Å². The lowest BCUT2D eigenvalue weighted by atomic mass is 10.0. The fraction of sp³-hybridized carbons (Fsp3) is 0.294. The number of nitrogens with one attached hydrogen (secondary N) is 1. The Morgan fingerprint density at radius 3 is 2.62 bits per heavy atom. The van der Waals surface area contributed by atoms with E-state index in [1.165, 1.54) is 12.7 Å². The number of aryl methyl sites for hydroxylation is 1. The first-order valence-electron chi connectivity index (χ1n) is 6.93. The van der Waals surface area contributed by atoms with Gasteiger partial charge in [-0.3, -0.25) is 0 Å². The van der Waals surface area contributed by atoms with Crippen molar-refractivity contribution in [2.45, 2.75) is 26.8 Å². The van der Waals surface area contributed by atoms with Crippen molar-refractivity contribution in [3.63, 3.8) is 0 Å². The lowest BCUT2D eigenvalue weighted by Gasteiger charge is -2.14. The predicted molar refractivity (Wildman–Crippen MR) is 84.5 cm³/mol. The minimum atomic E-state index is -0.436. The zero-order valence-electron chi connectivity index (χ0n) is 12.8. The minimum Gasteiger partial charge on any atom is -0.464 e. The Kier molecular flexibility index (Phi) is 4.58. The number of carbonyl (C=O) groups is 1. The summed E-state index contributed by atoms with van der Waals surface area (Å²) in [6.45, 7) is 6.08. The smallest absolute Gasteiger partial charge is 0.358 e. The number of methoxy groups -OCH3 is 1. The molecule has 4 nitrogen and oxygen atoms in total. The Balaban J connectivity index is 2.48. The molecule has 1 heterocycles. The normalized spacial score (nSPS) is 10.5. The molecule has 0 fully saturated rings. The molecule has 0 saturated heterocycles. The van der Waals surface area contributed by atoms with Crippen LogP contribution in [0, 0.1) is 6.92 Å². The molecule has 0 bridgehead atoms. The number of carbonyl (C=O) groups excluding carboxylic acids is 1. The highest BCUT2D eigenvalue weighted by Crippen LogP contribution is 2.25. The van der Waals surface area contributed by atoms with Gasteiger partial charge in [-0.15, -0.1) is 0 Å². The topological polar surface area (TPSA) is 51.2 Å². The van der Waals surface area contributed by atoms with Gasteiger partial charge in [-0.25, -0.2) is 9.78 Å². The van der Waals surface area contributed by atoms with Crippen molar-refractivity contribution in [1.29, 1.82) is 0 Å². The van der Waals surface area contributed by atoms with E-state index >= 15 is 0 Å². The predicted octanol–water partition coefficient (Wildman–Crippen LogP) is 3.66. The summed E-state index contributed by atoms with van der Waals surface area (Å²) in [4.78, 5) is 16.1. The quantitative estimate of drug-likeness (QED) is 0.870. The van der Waals surface area contributed by atoms with Crippen LogP contribution >= 0.6 is 0 Å². The van der Waals surface area contributed by atoms with Crippen molar-refractivity contribution < 1.29 is 9.53 Å². The van der Waals surface area contributed by atoms with Crippen LogP contribution in [0.3, 0.4) is 0 Å². The summed E-state index contributed by atoms with van der Waals surface area (Å²) in [5.41, 5.74) is 4.22. The van der Waals surface area contributed by atoms with Crippen LogP contribution in [0.15, 0.2) is 36.5 Å². The Hall–Kier alpha value is -2.36. The Bertz CT molecular complexity index is 651. The van der Waals surface area contributed by atoms with Crippen molar-refractivity contribution in [1.82, 2.24) is 4.98 Å². The molecule has 0 amide bonds. The number of ether oxygens (including phenoxy) is 1. The summed E-state index contributed by atoms with van der Waals surface area (Å²) in [7, 11) is 1.36. The van der Waals surface area contributed by atoms with Crippen LogP contribution in [-0.4, -0.2) is 24.1 Å². The first-order chi connectivity index (χ1) is 10.0. The van der Waals surface area contributed by atoms with Crippen molar-refractivity contribution in [2.75, 3.05) is 12.4 Å². The molecule has 1 N–H and O–H groups in total. The standard InChI is InChI=1S/C17H20N2O2/c1-11(2)19-15-9-14(10-18-16(15)17(20)21-4)13-7-5-6-12(3)8-13/h5-11,19H,1-4H3. The third-order valence-electron chi connectivity index (χ3n) is 3.06. The van der Waals surface area contributed by atoms with Gasteiger partial charge in [0.1, 0.15) is 0 Å². The molecule has 2 rings (SSSR count). The maximum Gasteiger partial charge on any atom is 0.358 e. The third kappa shape index (κ3) is 3.60. The Morgan fingerprint density at radius 1 is 1.24 bits per heavy atom. The van der Waals surface area contributed by atoms with Crippen molar-refractivity contribution >= 4 is 11.7 Å². The first kappa shape index (κ1) is 15.0. The van der Waals surface area contributed by atoms with Crippen LogP contribution in [0.1, 0.15) is 29.9 Å². The van der Waals surface area contributed by atoms with Gasteiger partial charge in [-0.2, -0.15) is 0 Å². The van der Waals surface area contributed by atoms with Crippen LogP contribution < -0.4 is 5.32 Å². The van der Waals surface area contributed by atoms with Gasteiger partial charge >= 0.3 is 5.97 Å². The molecule has 0 spiro atoms. The number of hydrogen-bond donors (Lipinski definition) is 1. The van der Waals surface area contributed by atoms with E-state index in [-0.39, 0.29) is 6.04 Å². The van der Waals surface area contributed by atoms with Crippen molar-refractivity contribution in [3.8, 4) is 11.1 Å². The average molecular weight is 284 g/mol. The van der Waals surface area contributed by atoms with Gasteiger partial charge in [0.2, 0.25) is 0 Å². The van der Waals surface area contributed by atoms with E-state index in [0.29, 0.717) is 11.4 Å². The largest absolute Gasteiger partial charge is 0.464 e. The zero-order chi connectivity index (χ0) is 15.4. The summed E-state index contributed by atoms with van der Waals surface area (Å²) >= 11 is 0. The molecular formula is C17H20N2O2. The molecule has 0 unspecified atom stereocenters. The van der Waals surface area contributed by atoms with Gasteiger partial charge in [0.15, 0.2) is 5.69 Å².